The van der Waals surface area contributed by atoms with E-state index in [2.05, 4.69) is 26.3 Å². The molecule has 172 valence electrons. The molecule has 1 unspecified atom stereocenters. The minimum atomic E-state index is -3.82. The molecule has 4 rings (SSSR count). The van der Waals surface area contributed by atoms with E-state index in [-0.39, 0.29) is 17.5 Å². The van der Waals surface area contributed by atoms with Crippen LogP contribution in [0.1, 0.15) is 34.2 Å². The number of carbonyl (C=O) groups is 1. The number of hydrogen-bond acceptors (Lipinski definition) is 6. The Kier molecular flexibility index (Phi) is 6.80. The Labute approximate surface area is 201 Å². The van der Waals surface area contributed by atoms with Crippen molar-refractivity contribution in [3.8, 4) is 6.07 Å². The highest BCUT2D eigenvalue weighted by molar-refractivity contribution is 7.75. The molecule has 0 saturated carbocycles. The van der Waals surface area contributed by atoms with Crippen LogP contribution in [-0.4, -0.2) is 28.0 Å². The molecule has 0 aliphatic heterocycles. The Morgan fingerprint density at radius 2 is 2.09 bits per heavy atom. The first-order chi connectivity index (χ1) is 16.4. The Bertz CT molecular complexity index is 1460. The zero-order valence-electron chi connectivity index (χ0n) is 18.5. The van der Waals surface area contributed by atoms with Gasteiger partial charge in [0.25, 0.3) is 13.3 Å². The van der Waals surface area contributed by atoms with Crippen molar-refractivity contribution in [2.75, 3.05) is 7.11 Å². The quantitative estimate of drug-likeness (QED) is 0.377. The molecule has 0 fully saturated rings. The van der Waals surface area contributed by atoms with Gasteiger partial charge in [-0.1, -0.05) is 18.5 Å². The second-order valence-corrected chi connectivity index (χ2v) is 10.4. The highest BCUT2D eigenvalue weighted by Gasteiger charge is 2.36. The van der Waals surface area contributed by atoms with Gasteiger partial charge >= 0.3 is 0 Å². The second-order valence-electron chi connectivity index (χ2n) is 7.51. The number of aromatic amines is 1. The lowest BCUT2D eigenvalue weighted by molar-refractivity contribution is 0.0947. The van der Waals surface area contributed by atoms with E-state index >= 15 is 0 Å². The number of nitriles is 1. The predicted octanol–water partition coefficient (Wildman–Crippen LogP) is 3.85. The van der Waals surface area contributed by atoms with Crippen LogP contribution in [0.25, 0.3) is 10.9 Å². The van der Waals surface area contributed by atoms with Gasteiger partial charge in [-0.2, -0.15) is 5.26 Å². The average Bonchev–Trinajstić information content (AvgIpc) is 3.26. The smallest absolute Gasteiger partial charge is 0.268 e. The van der Waals surface area contributed by atoms with E-state index in [1.54, 1.807) is 42.6 Å². The van der Waals surface area contributed by atoms with Crippen LogP contribution in [0.3, 0.4) is 0 Å². The lowest BCUT2D eigenvalue weighted by Gasteiger charge is -2.19. The number of halogens is 1. The molecule has 2 N–H and O–H groups in total. The molecule has 8 nitrogen and oxygen atoms in total. The number of nitrogens with zero attached hydrogens (tertiary/aromatic N) is 3. The molecule has 1 amide bonds. The van der Waals surface area contributed by atoms with Gasteiger partial charge in [-0.05, 0) is 54.4 Å². The number of aryl methyl sites for hydroxylation is 1. The van der Waals surface area contributed by atoms with Crippen LogP contribution < -0.4 is 15.9 Å². The predicted molar refractivity (Wildman–Crippen MR) is 131 cm³/mol. The van der Waals surface area contributed by atoms with E-state index in [9.17, 15) is 14.6 Å². The van der Waals surface area contributed by atoms with Crippen molar-refractivity contribution in [2.45, 2.75) is 19.9 Å². The van der Waals surface area contributed by atoms with E-state index < -0.39 is 13.3 Å². The third-order valence-corrected chi connectivity index (χ3v) is 8.18. The normalized spacial score (nSPS) is 12.8. The van der Waals surface area contributed by atoms with Gasteiger partial charge in [0.15, 0.2) is 0 Å². The number of benzene rings is 2. The summed E-state index contributed by atoms with van der Waals surface area (Å²) in [6, 6.07) is 13.9. The first-order valence-corrected chi connectivity index (χ1v) is 12.4. The van der Waals surface area contributed by atoms with Crippen molar-refractivity contribution < 1.29 is 13.9 Å². The van der Waals surface area contributed by atoms with Gasteiger partial charge in [0, 0.05) is 34.5 Å². The van der Waals surface area contributed by atoms with E-state index in [0.29, 0.717) is 38.9 Å². The summed E-state index contributed by atoms with van der Waals surface area (Å²) in [6.45, 7) is 2.09. The SMILES string of the molecule is CCc1cc(C#N)cc(P(=O)(OC)c2c(C(=O)NCc3ccncn3)[nH]c3ccc(Cl)cc23)c1. The molecule has 2 aromatic heterocycles. The first kappa shape index (κ1) is 23.7. The van der Waals surface area contributed by atoms with Gasteiger partial charge in [-0.25, -0.2) is 9.97 Å². The molecule has 34 heavy (non-hydrogen) atoms. The lowest BCUT2D eigenvalue weighted by Crippen LogP contribution is -2.30. The van der Waals surface area contributed by atoms with Gasteiger partial charge < -0.3 is 14.8 Å². The van der Waals surface area contributed by atoms with Crippen molar-refractivity contribution in [1.29, 1.82) is 5.26 Å². The van der Waals surface area contributed by atoms with Crippen molar-refractivity contribution >= 4 is 46.4 Å². The molecule has 2 heterocycles. The van der Waals surface area contributed by atoms with Crippen LogP contribution in [0.2, 0.25) is 5.02 Å². The fourth-order valence-electron chi connectivity index (χ4n) is 3.74. The van der Waals surface area contributed by atoms with Gasteiger partial charge in [0.1, 0.15) is 12.0 Å². The maximum absolute atomic E-state index is 14.5. The summed E-state index contributed by atoms with van der Waals surface area (Å²) in [5.74, 6) is -0.481. The topological polar surface area (TPSA) is 121 Å². The highest BCUT2D eigenvalue weighted by Crippen LogP contribution is 2.47. The third kappa shape index (κ3) is 4.46. The van der Waals surface area contributed by atoms with E-state index in [0.717, 1.165) is 5.56 Å². The Morgan fingerprint density at radius 1 is 1.26 bits per heavy atom. The zero-order valence-corrected chi connectivity index (χ0v) is 20.2. The lowest BCUT2D eigenvalue weighted by atomic mass is 10.1. The number of amides is 1. The summed E-state index contributed by atoms with van der Waals surface area (Å²) in [5, 5.41) is 13.8. The largest absolute Gasteiger partial charge is 0.350 e. The molecule has 0 aliphatic rings. The molecule has 2 aromatic carbocycles. The van der Waals surface area contributed by atoms with Crippen molar-refractivity contribution in [3.63, 3.8) is 0 Å². The number of nitrogens with one attached hydrogen (secondary N) is 2. The maximum atomic E-state index is 14.5. The highest BCUT2D eigenvalue weighted by atomic mass is 35.5. The van der Waals surface area contributed by atoms with Gasteiger partial charge in [-0.15, -0.1) is 0 Å². The monoisotopic (exact) mass is 493 g/mol. The maximum Gasteiger partial charge on any atom is 0.268 e. The number of hydrogen-bond donors (Lipinski definition) is 2. The van der Waals surface area contributed by atoms with Crippen molar-refractivity contribution in [3.05, 3.63) is 82.5 Å². The molecule has 4 aromatic rings. The summed E-state index contributed by atoms with van der Waals surface area (Å²) in [7, 11) is -2.49. The Hall–Kier alpha value is -3.50. The average molecular weight is 494 g/mol. The summed E-state index contributed by atoms with van der Waals surface area (Å²) in [4.78, 5) is 24.3. The van der Waals surface area contributed by atoms with Gasteiger partial charge in [-0.3, -0.25) is 9.36 Å². The van der Waals surface area contributed by atoms with Crippen LogP contribution >= 0.6 is 19.0 Å². The Morgan fingerprint density at radius 3 is 2.76 bits per heavy atom. The van der Waals surface area contributed by atoms with Crippen LogP contribution in [0.5, 0.6) is 0 Å². The Balaban J connectivity index is 1.89. The molecule has 0 bridgehead atoms. The van der Waals surface area contributed by atoms with Crippen LogP contribution in [0, 0.1) is 11.3 Å². The van der Waals surface area contributed by atoms with Crippen LogP contribution in [-0.2, 0) is 22.1 Å². The molecule has 10 heteroatoms. The zero-order chi connectivity index (χ0) is 24.3. The minimum Gasteiger partial charge on any atom is -0.350 e. The number of aromatic nitrogens is 3. The first-order valence-electron chi connectivity index (χ1n) is 10.4. The molecule has 0 aliphatic carbocycles. The summed E-state index contributed by atoms with van der Waals surface area (Å²) >= 11 is 6.25. The second kappa shape index (κ2) is 9.78. The standard InChI is InChI=1S/C24H21ClN5O3P/c1-3-15-8-16(12-26)10-19(9-15)34(32,33-2)23-20-11-17(25)4-5-21(20)30-22(23)24(31)28-13-18-6-7-27-14-29-18/h4-11,14,30H,3,13H2,1-2H3,(H,28,31). The van der Waals surface area contributed by atoms with Crippen molar-refractivity contribution in [2.24, 2.45) is 0 Å². The summed E-state index contributed by atoms with van der Waals surface area (Å²) in [6.07, 6.45) is 3.61. The number of rotatable bonds is 7. The van der Waals surface area contributed by atoms with Gasteiger partial charge in [0.05, 0.1) is 29.2 Å². The number of carbonyl (C=O) groups excluding carboxylic acids is 1. The fourth-order valence-corrected chi connectivity index (χ4v) is 6.16. The molecule has 0 spiro atoms. The summed E-state index contributed by atoms with van der Waals surface area (Å²) in [5.41, 5.74) is 2.49. The summed E-state index contributed by atoms with van der Waals surface area (Å²) < 4.78 is 20.2. The van der Waals surface area contributed by atoms with Crippen molar-refractivity contribution in [1.82, 2.24) is 20.3 Å². The van der Waals surface area contributed by atoms with E-state index in [1.165, 1.54) is 19.5 Å². The number of H-pyrrole nitrogens is 1. The minimum absolute atomic E-state index is 0.0944. The molecule has 0 radical (unpaired) electrons. The van der Waals surface area contributed by atoms with Crippen LogP contribution in [0.15, 0.2) is 55.0 Å². The molecule has 1 atom stereocenters. The third-order valence-electron chi connectivity index (χ3n) is 5.44. The fraction of sp³-hybridized carbons (Fsp3) is 0.167. The molecular formula is C24H21ClN5O3P. The van der Waals surface area contributed by atoms with E-state index in [4.69, 9.17) is 16.1 Å². The number of fused-ring (bicyclic) bond motifs is 1. The van der Waals surface area contributed by atoms with Crippen LogP contribution in [0.4, 0.5) is 0 Å². The molecular weight excluding hydrogens is 473 g/mol. The van der Waals surface area contributed by atoms with Gasteiger partial charge in [0.2, 0.25) is 0 Å². The van der Waals surface area contributed by atoms with E-state index in [1.807, 2.05) is 6.92 Å². The molecule has 0 saturated heterocycles.